The van der Waals surface area contributed by atoms with Gasteiger partial charge in [0.1, 0.15) is 0 Å². The van der Waals surface area contributed by atoms with Gasteiger partial charge in [-0.1, -0.05) is 116 Å². The second-order valence-electron chi connectivity index (χ2n) is 21.5. The van der Waals surface area contributed by atoms with E-state index < -0.39 is 0 Å². The Labute approximate surface area is 313 Å². The zero-order chi connectivity index (χ0) is 33.5. The molecule has 14 atom stereocenters. The van der Waals surface area contributed by atoms with Crippen molar-refractivity contribution < 1.29 is 0 Å². The molecular formula is C50H86. The fourth-order valence-corrected chi connectivity index (χ4v) is 16.3. The minimum absolute atomic E-state index is 1.08. The molecule has 0 aliphatic heterocycles. The van der Waals surface area contributed by atoms with Crippen molar-refractivity contribution in [2.75, 3.05) is 0 Å². The summed E-state index contributed by atoms with van der Waals surface area (Å²) in [5.74, 6) is 15.3. The summed E-state index contributed by atoms with van der Waals surface area (Å²) in [6.07, 6.45) is 57.4. The van der Waals surface area contributed by atoms with Gasteiger partial charge < -0.3 is 0 Å². The van der Waals surface area contributed by atoms with E-state index in [-0.39, 0.29) is 0 Å². The van der Waals surface area contributed by atoms with Crippen LogP contribution in [-0.2, 0) is 0 Å². The van der Waals surface area contributed by atoms with Crippen LogP contribution < -0.4 is 0 Å². The molecule has 14 unspecified atom stereocenters. The molecule has 0 aromatic rings. The summed E-state index contributed by atoms with van der Waals surface area (Å²) in [6, 6.07) is 0. The average molecular weight is 687 g/mol. The summed E-state index contributed by atoms with van der Waals surface area (Å²) in [4.78, 5) is 0. The number of rotatable bonds is 0. The second kappa shape index (κ2) is 18.6. The summed E-state index contributed by atoms with van der Waals surface area (Å²) in [5.41, 5.74) is 0. The fourth-order valence-electron chi connectivity index (χ4n) is 16.3. The molecule has 0 aromatic carbocycles. The van der Waals surface area contributed by atoms with Crippen LogP contribution in [0.3, 0.4) is 0 Å². The molecule has 8 aliphatic rings. The maximum absolute atomic E-state index is 1.66. The van der Waals surface area contributed by atoms with Crippen molar-refractivity contribution in [3.63, 3.8) is 0 Å². The fraction of sp³-hybridized carbons (Fsp3) is 1.00. The molecule has 0 spiro atoms. The lowest BCUT2D eigenvalue weighted by atomic mass is 9.59. The zero-order valence-corrected chi connectivity index (χ0v) is 33.5. The first-order chi connectivity index (χ1) is 24.8. The van der Waals surface area contributed by atoms with Gasteiger partial charge in [-0.05, 0) is 198 Å². The molecule has 8 rings (SSSR count). The molecule has 0 amide bonds. The highest BCUT2D eigenvalue weighted by Gasteiger charge is 2.42. The summed E-state index contributed by atoms with van der Waals surface area (Å²) in [6.45, 7) is 0. The van der Waals surface area contributed by atoms with Crippen molar-refractivity contribution in [2.45, 2.75) is 231 Å². The van der Waals surface area contributed by atoms with E-state index in [4.69, 9.17) is 0 Å². The highest BCUT2D eigenvalue weighted by molar-refractivity contribution is 4.92. The van der Waals surface area contributed by atoms with Gasteiger partial charge in [0.25, 0.3) is 0 Å². The first kappa shape index (κ1) is 36.9. The molecule has 0 saturated heterocycles. The van der Waals surface area contributed by atoms with Gasteiger partial charge in [-0.15, -0.1) is 0 Å². The van der Waals surface area contributed by atoms with Crippen molar-refractivity contribution in [3.05, 3.63) is 0 Å². The van der Waals surface area contributed by atoms with Gasteiger partial charge in [0.05, 0.1) is 0 Å². The third kappa shape index (κ3) is 9.26. The maximum Gasteiger partial charge on any atom is -0.0355 e. The summed E-state index contributed by atoms with van der Waals surface area (Å²) >= 11 is 0. The van der Waals surface area contributed by atoms with Crippen LogP contribution in [0, 0.1) is 82.9 Å². The molecule has 0 radical (unpaired) electrons. The molecule has 0 aromatic heterocycles. The maximum atomic E-state index is 1.66. The Morgan fingerprint density at radius 1 is 0.140 bits per heavy atom. The minimum Gasteiger partial charge on any atom is -0.0533 e. The van der Waals surface area contributed by atoms with E-state index in [1.807, 2.05) is 0 Å². The molecule has 0 bridgehead atoms. The van der Waals surface area contributed by atoms with Crippen LogP contribution in [0.1, 0.15) is 231 Å². The van der Waals surface area contributed by atoms with Gasteiger partial charge in [-0.3, -0.25) is 0 Å². The highest BCUT2D eigenvalue weighted by atomic mass is 14.5. The Bertz CT molecular complexity index is 979. The number of hydrogen-bond donors (Lipinski definition) is 0. The van der Waals surface area contributed by atoms with E-state index in [0.717, 1.165) is 82.9 Å². The Morgan fingerprint density at radius 2 is 0.380 bits per heavy atom. The van der Waals surface area contributed by atoms with Gasteiger partial charge in [0, 0.05) is 0 Å². The normalized spacial score (nSPS) is 47.5. The number of fused-ring (bicyclic) bond motifs is 8. The summed E-state index contributed by atoms with van der Waals surface area (Å²) in [5, 5.41) is 0. The molecule has 8 aliphatic carbocycles. The molecule has 0 heteroatoms. The van der Waals surface area contributed by atoms with E-state index in [2.05, 4.69) is 0 Å². The van der Waals surface area contributed by atoms with E-state index >= 15 is 0 Å². The molecule has 8 saturated carbocycles. The van der Waals surface area contributed by atoms with Crippen molar-refractivity contribution in [1.82, 2.24) is 0 Å². The van der Waals surface area contributed by atoms with Crippen molar-refractivity contribution in [2.24, 2.45) is 82.9 Å². The van der Waals surface area contributed by atoms with Crippen LogP contribution in [0.5, 0.6) is 0 Å². The predicted octanol–water partition coefficient (Wildman–Crippen LogP) is 15.8. The van der Waals surface area contributed by atoms with Gasteiger partial charge >= 0.3 is 0 Å². The molecule has 286 valence electrons. The molecule has 50 heavy (non-hydrogen) atoms. The standard InChI is InChI=1S/C50H86/c1-2-6-13-38-21-24-42-28-29-44-31-33-47-36-48-34-35-50-46(16-10-9-15-45-14-7-3-4-8-19-49(45)50)32-30-40(48)18-11-17-39(47)22-25-43(44)27-26-41(42)23-20-37(38)12-5-1/h37-50H,1-36H2. The van der Waals surface area contributed by atoms with Crippen LogP contribution >= 0.6 is 0 Å². The summed E-state index contributed by atoms with van der Waals surface area (Å²) < 4.78 is 0. The zero-order valence-electron chi connectivity index (χ0n) is 33.5. The lowest BCUT2D eigenvalue weighted by Gasteiger charge is -2.47. The van der Waals surface area contributed by atoms with Crippen LogP contribution in [0.15, 0.2) is 0 Å². The van der Waals surface area contributed by atoms with E-state index in [9.17, 15) is 0 Å². The minimum atomic E-state index is 1.08. The van der Waals surface area contributed by atoms with Crippen LogP contribution in [0.4, 0.5) is 0 Å². The first-order valence-corrected chi connectivity index (χ1v) is 24.8. The van der Waals surface area contributed by atoms with Crippen LogP contribution in [-0.4, -0.2) is 0 Å². The summed E-state index contributed by atoms with van der Waals surface area (Å²) in [7, 11) is 0. The van der Waals surface area contributed by atoms with E-state index in [1.165, 1.54) is 19.3 Å². The monoisotopic (exact) mass is 687 g/mol. The smallest absolute Gasteiger partial charge is 0.0355 e. The van der Waals surface area contributed by atoms with E-state index in [1.54, 1.807) is 212 Å². The lowest BCUT2D eigenvalue weighted by molar-refractivity contribution is 0.0410. The molecular weight excluding hydrogens is 601 g/mol. The topological polar surface area (TPSA) is 0 Å². The average Bonchev–Trinajstić information content (AvgIpc) is 3.06. The lowest BCUT2D eigenvalue weighted by Crippen LogP contribution is -2.36. The van der Waals surface area contributed by atoms with Gasteiger partial charge in [0.15, 0.2) is 0 Å². The molecule has 8 fully saturated rings. The number of hydrogen-bond acceptors (Lipinski definition) is 0. The van der Waals surface area contributed by atoms with Gasteiger partial charge in [-0.2, -0.15) is 0 Å². The first-order valence-electron chi connectivity index (χ1n) is 24.8. The Kier molecular flexibility index (Phi) is 13.7. The molecule has 0 N–H and O–H groups in total. The third-order valence-corrected chi connectivity index (χ3v) is 19.2. The Hall–Kier alpha value is 0. The van der Waals surface area contributed by atoms with Gasteiger partial charge in [0.2, 0.25) is 0 Å². The Morgan fingerprint density at radius 3 is 0.840 bits per heavy atom. The predicted molar refractivity (Wildman–Crippen MR) is 215 cm³/mol. The van der Waals surface area contributed by atoms with E-state index in [0.29, 0.717) is 0 Å². The van der Waals surface area contributed by atoms with Crippen LogP contribution in [0.2, 0.25) is 0 Å². The third-order valence-electron chi connectivity index (χ3n) is 19.2. The van der Waals surface area contributed by atoms with Crippen molar-refractivity contribution in [3.8, 4) is 0 Å². The van der Waals surface area contributed by atoms with Crippen molar-refractivity contribution in [1.29, 1.82) is 0 Å². The largest absolute Gasteiger partial charge is 0.0533 e. The molecule has 0 heterocycles. The second-order valence-corrected chi connectivity index (χ2v) is 21.5. The van der Waals surface area contributed by atoms with Crippen molar-refractivity contribution >= 4 is 0 Å². The highest BCUT2D eigenvalue weighted by Crippen LogP contribution is 2.53. The quantitative estimate of drug-likeness (QED) is 0.238. The Balaban J connectivity index is 0.903. The SMILES string of the molecule is C1CCCC2CCC3CCC4CCC5CC6CCC7C(CCCCC8CCCCCCC87)CCC6CCCC5CCC4CCC3CCC2CC1. The van der Waals surface area contributed by atoms with Crippen LogP contribution in [0.25, 0.3) is 0 Å². The molecule has 0 nitrogen and oxygen atoms in total. The van der Waals surface area contributed by atoms with Gasteiger partial charge in [-0.25, -0.2) is 0 Å².